The number of phenols is 1. The number of rotatable bonds is 3. The van der Waals surface area contributed by atoms with E-state index in [0.29, 0.717) is 26.1 Å². The molecule has 6 nitrogen and oxygen atoms in total. The van der Waals surface area contributed by atoms with Gasteiger partial charge in [-0.3, -0.25) is 4.79 Å². The van der Waals surface area contributed by atoms with Gasteiger partial charge in [0.05, 0.1) is 23.4 Å². The van der Waals surface area contributed by atoms with Gasteiger partial charge in [0, 0.05) is 13.2 Å². The number of phenolic OH excluding ortho intramolecular Hbond substituents is 1. The Balaban J connectivity index is 2.17. The SMILES string of the molecule is Nc1cccc(C(=O)NC2(CO)CCOCC2)c1O. The zero-order chi connectivity index (χ0) is 13.9. The number of amides is 1. The van der Waals surface area contributed by atoms with E-state index in [1.54, 1.807) is 6.07 Å². The zero-order valence-electron chi connectivity index (χ0n) is 10.6. The lowest BCUT2D eigenvalue weighted by Gasteiger charge is -2.36. The average Bonchev–Trinajstić information content (AvgIpc) is 2.42. The van der Waals surface area contributed by atoms with Crippen molar-refractivity contribution in [2.75, 3.05) is 25.6 Å². The van der Waals surface area contributed by atoms with E-state index >= 15 is 0 Å². The third-order valence-electron chi connectivity index (χ3n) is 3.44. The first-order valence-corrected chi connectivity index (χ1v) is 6.16. The summed E-state index contributed by atoms with van der Waals surface area (Å²) in [4.78, 5) is 12.2. The highest BCUT2D eigenvalue weighted by Gasteiger charge is 2.34. The highest BCUT2D eigenvalue weighted by Crippen LogP contribution is 2.26. The Morgan fingerprint density at radius 2 is 2.11 bits per heavy atom. The van der Waals surface area contributed by atoms with Crippen LogP contribution in [0.4, 0.5) is 5.69 Å². The molecule has 0 aliphatic carbocycles. The number of hydrogen-bond donors (Lipinski definition) is 4. The van der Waals surface area contributed by atoms with Crippen molar-refractivity contribution >= 4 is 11.6 Å². The summed E-state index contributed by atoms with van der Waals surface area (Å²) in [7, 11) is 0. The van der Waals surface area contributed by atoms with Crippen molar-refractivity contribution in [2.45, 2.75) is 18.4 Å². The molecule has 1 aromatic carbocycles. The van der Waals surface area contributed by atoms with Crippen LogP contribution in [0.5, 0.6) is 5.75 Å². The van der Waals surface area contributed by atoms with E-state index < -0.39 is 11.4 Å². The Labute approximate surface area is 111 Å². The van der Waals surface area contributed by atoms with Crippen LogP contribution in [0.15, 0.2) is 18.2 Å². The Bertz CT molecular complexity index is 470. The summed E-state index contributed by atoms with van der Waals surface area (Å²) in [6, 6.07) is 4.60. The number of benzene rings is 1. The largest absolute Gasteiger partial charge is 0.505 e. The predicted molar refractivity (Wildman–Crippen MR) is 69.9 cm³/mol. The highest BCUT2D eigenvalue weighted by molar-refractivity contribution is 5.98. The van der Waals surface area contributed by atoms with Gasteiger partial charge in [0.2, 0.25) is 0 Å². The van der Waals surface area contributed by atoms with Crippen molar-refractivity contribution in [3.63, 3.8) is 0 Å². The van der Waals surface area contributed by atoms with Crippen molar-refractivity contribution in [3.05, 3.63) is 23.8 Å². The number of nitrogen functional groups attached to an aromatic ring is 1. The molecule has 1 aliphatic rings. The number of carbonyl (C=O) groups is 1. The molecule has 1 aromatic rings. The third kappa shape index (κ3) is 2.80. The van der Waals surface area contributed by atoms with Crippen LogP contribution >= 0.6 is 0 Å². The normalized spacial score (nSPS) is 17.9. The molecule has 19 heavy (non-hydrogen) atoms. The summed E-state index contributed by atoms with van der Waals surface area (Å²) in [5, 5.41) is 22.1. The molecule has 1 fully saturated rings. The zero-order valence-corrected chi connectivity index (χ0v) is 10.6. The molecule has 5 N–H and O–H groups in total. The Kier molecular flexibility index (Phi) is 3.92. The Morgan fingerprint density at radius 1 is 1.42 bits per heavy atom. The number of para-hydroxylation sites is 1. The number of nitrogens with one attached hydrogen (secondary N) is 1. The smallest absolute Gasteiger partial charge is 0.255 e. The third-order valence-corrected chi connectivity index (χ3v) is 3.44. The molecule has 0 radical (unpaired) electrons. The van der Waals surface area contributed by atoms with Crippen LogP contribution in [0.1, 0.15) is 23.2 Å². The van der Waals surface area contributed by atoms with Crippen LogP contribution in [0.2, 0.25) is 0 Å². The van der Waals surface area contributed by atoms with Crippen LogP contribution in [0, 0.1) is 0 Å². The van der Waals surface area contributed by atoms with Crippen LogP contribution in [-0.4, -0.2) is 41.5 Å². The van der Waals surface area contributed by atoms with E-state index in [2.05, 4.69) is 5.32 Å². The molecule has 1 aliphatic heterocycles. The lowest BCUT2D eigenvalue weighted by molar-refractivity contribution is 0.0125. The second-order valence-electron chi connectivity index (χ2n) is 4.75. The predicted octanol–water partition coefficient (Wildman–Crippen LogP) is 0.246. The van der Waals surface area contributed by atoms with Gasteiger partial charge in [-0.15, -0.1) is 0 Å². The van der Waals surface area contributed by atoms with Crippen LogP contribution < -0.4 is 11.1 Å². The second-order valence-corrected chi connectivity index (χ2v) is 4.75. The average molecular weight is 266 g/mol. The Hall–Kier alpha value is -1.79. The first-order chi connectivity index (χ1) is 9.08. The summed E-state index contributed by atoms with van der Waals surface area (Å²) in [6.07, 6.45) is 1.08. The fourth-order valence-corrected chi connectivity index (χ4v) is 2.14. The maximum atomic E-state index is 12.2. The van der Waals surface area contributed by atoms with Gasteiger partial charge >= 0.3 is 0 Å². The first kappa shape index (κ1) is 13.6. The number of hydrogen-bond acceptors (Lipinski definition) is 5. The summed E-state index contributed by atoms with van der Waals surface area (Å²) in [5.41, 5.74) is 5.13. The summed E-state index contributed by atoms with van der Waals surface area (Å²) >= 11 is 0. The van der Waals surface area contributed by atoms with Gasteiger partial charge in [0.25, 0.3) is 5.91 Å². The van der Waals surface area contributed by atoms with Gasteiger partial charge in [0.1, 0.15) is 0 Å². The van der Waals surface area contributed by atoms with Gasteiger partial charge in [-0.05, 0) is 25.0 Å². The standard InChI is InChI=1S/C13H18N2O4/c14-10-3-1-2-9(11(10)17)12(18)15-13(8-16)4-6-19-7-5-13/h1-3,16-17H,4-8,14H2,(H,15,18). The fraction of sp³-hybridized carbons (Fsp3) is 0.462. The number of carbonyl (C=O) groups excluding carboxylic acids is 1. The van der Waals surface area contributed by atoms with Crippen molar-refractivity contribution in [1.29, 1.82) is 0 Å². The van der Waals surface area contributed by atoms with E-state index in [9.17, 15) is 15.0 Å². The van der Waals surface area contributed by atoms with Gasteiger partial charge < -0.3 is 26.0 Å². The molecule has 0 aromatic heterocycles. The fourth-order valence-electron chi connectivity index (χ4n) is 2.14. The number of aromatic hydroxyl groups is 1. The molecule has 104 valence electrons. The van der Waals surface area contributed by atoms with Gasteiger partial charge in [-0.2, -0.15) is 0 Å². The number of aliphatic hydroxyl groups is 1. The molecule has 6 heteroatoms. The van der Waals surface area contributed by atoms with Gasteiger partial charge in [-0.25, -0.2) is 0 Å². The number of aliphatic hydroxyl groups excluding tert-OH is 1. The van der Waals surface area contributed by atoms with E-state index in [0.717, 1.165) is 0 Å². The van der Waals surface area contributed by atoms with Crippen molar-refractivity contribution < 1.29 is 19.7 Å². The highest BCUT2D eigenvalue weighted by atomic mass is 16.5. The molecule has 0 atom stereocenters. The lowest BCUT2D eigenvalue weighted by Crippen LogP contribution is -2.54. The summed E-state index contributed by atoms with van der Waals surface area (Å²) in [6.45, 7) is 0.818. The van der Waals surface area contributed by atoms with E-state index in [-0.39, 0.29) is 23.6 Å². The topological polar surface area (TPSA) is 105 Å². The van der Waals surface area contributed by atoms with E-state index in [1.165, 1.54) is 12.1 Å². The Morgan fingerprint density at radius 3 is 2.74 bits per heavy atom. The molecule has 2 rings (SSSR count). The molecule has 1 saturated heterocycles. The minimum absolute atomic E-state index is 0.110. The van der Waals surface area contributed by atoms with Crippen molar-refractivity contribution in [2.24, 2.45) is 0 Å². The van der Waals surface area contributed by atoms with Crippen molar-refractivity contribution in [1.82, 2.24) is 5.32 Å². The molecule has 0 unspecified atom stereocenters. The first-order valence-electron chi connectivity index (χ1n) is 6.16. The number of anilines is 1. The molecule has 0 bridgehead atoms. The van der Waals surface area contributed by atoms with E-state index in [1.807, 2.05) is 0 Å². The molecule has 0 saturated carbocycles. The molecular formula is C13H18N2O4. The minimum Gasteiger partial charge on any atom is -0.505 e. The van der Waals surface area contributed by atoms with Gasteiger partial charge in [0.15, 0.2) is 5.75 Å². The molecule has 0 spiro atoms. The van der Waals surface area contributed by atoms with Crippen LogP contribution in [0.3, 0.4) is 0 Å². The summed E-state index contributed by atoms with van der Waals surface area (Å²) < 4.78 is 5.22. The lowest BCUT2D eigenvalue weighted by atomic mass is 9.90. The number of ether oxygens (including phenoxy) is 1. The second kappa shape index (κ2) is 5.46. The summed E-state index contributed by atoms with van der Waals surface area (Å²) in [5.74, 6) is -0.680. The van der Waals surface area contributed by atoms with Crippen molar-refractivity contribution in [3.8, 4) is 5.75 Å². The molecule has 1 heterocycles. The molecular weight excluding hydrogens is 248 g/mol. The number of nitrogens with two attached hydrogens (primary N) is 1. The van der Waals surface area contributed by atoms with Gasteiger partial charge in [-0.1, -0.05) is 6.07 Å². The monoisotopic (exact) mass is 266 g/mol. The maximum absolute atomic E-state index is 12.2. The van der Waals surface area contributed by atoms with E-state index in [4.69, 9.17) is 10.5 Å². The van der Waals surface area contributed by atoms with Crippen LogP contribution in [0.25, 0.3) is 0 Å². The minimum atomic E-state index is -0.688. The maximum Gasteiger partial charge on any atom is 0.255 e. The molecule has 1 amide bonds. The quantitative estimate of drug-likeness (QED) is 0.463. The van der Waals surface area contributed by atoms with Crippen LogP contribution in [-0.2, 0) is 4.74 Å².